The molecule has 9 heteroatoms. The second-order valence-corrected chi connectivity index (χ2v) is 9.12. The molecule has 0 unspecified atom stereocenters. The van der Waals surface area contributed by atoms with Crippen molar-refractivity contribution in [2.24, 2.45) is 0 Å². The van der Waals surface area contributed by atoms with Crippen molar-refractivity contribution < 1.29 is 27.5 Å². The Kier molecular flexibility index (Phi) is 3.86. The summed E-state index contributed by atoms with van der Waals surface area (Å²) >= 11 is 0. The highest BCUT2D eigenvalue weighted by molar-refractivity contribution is 7.92. The van der Waals surface area contributed by atoms with Crippen molar-refractivity contribution in [3.8, 4) is 11.5 Å². The van der Waals surface area contributed by atoms with E-state index in [2.05, 4.69) is 10.0 Å². The number of ether oxygens (including phenoxy) is 2. The van der Waals surface area contributed by atoms with Gasteiger partial charge in [-0.2, -0.15) is 0 Å². The predicted molar refractivity (Wildman–Crippen MR) is 103 cm³/mol. The molecule has 2 aromatic rings. The smallest absolute Gasteiger partial charge is 0.261 e. The third-order valence-electron chi connectivity index (χ3n) is 5.42. The van der Waals surface area contributed by atoms with Crippen molar-refractivity contribution in [1.82, 2.24) is 5.32 Å². The van der Waals surface area contributed by atoms with Gasteiger partial charge in [-0.3, -0.25) is 19.6 Å². The van der Waals surface area contributed by atoms with Gasteiger partial charge in [0.2, 0.25) is 0 Å². The number of fused-ring (bicyclic) bond motifs is 2. The van der Waals surface area contributed by atoms with E-state index in [1.54, 1.807) is 18.2 Å². The molecule has 2 aromatic carbocycles. The molecule has 3 aliphatic rings. The zero-order valence-corrected chi connectivity index (χ0v) is 16.2. The first-order valence-corrected chi connectivity index (χ1v) is 10.9. The first kappa shape index (κ1) is 18.0. The lowest BCUT2D eigenvalue weighted by Gasteiger charge is -2.31. The van der Waals surface area contributed by atoms with E-state index in [9.17, 15) is 18.0 Å². The molecule has 5 rings (SSSR count). The Balaban J connectivity index is 1.40. The van der Waals surface area contributed by atoms with Crippen molar-refractivity contribution in [1.29, 1.82) is 0 Å². The quantitative estimate of drug-likeness (QED) is 0.747. The van der Waals surface area contributed by atoms with Gasteiger partial charge in [0.15, 0.2) is 11.5 Å². The predicted octanol–water partition coefficient (Wildman–Crippen LogP) is 2.80. The number of rotatable bonds is 3. The third-order valence-corrected chi connectivity index (χ3v) is 6.80. The van der Waals surface area contributed by atoms with Gasteiger partial charge in [-0.05, 0) is 43.2 Å². The summed E-state index contributed by atoms with van der Waals surface area (Å²) < 4.78 is 40.1. The minimum Gasteiger partial charge on any atom is -0.448 e. The summed E-state index contributed by atoms with van der Waals surface area (Å²) in [4.78, 5) is 23.3. The maximum atomic E-state index is 12.8. The molecule has 0 bridgehead atoms. The Morgan fingerprint density at radius 1 is 0.862 bits per heavy atom. The maximum Gasteiger partial charge on any atom is 0.261 e. The van der Waals surface area contributed by atoms with Crippen LogP contribution in [0, 0.1) is 0 Å². The summed E-state index contributed by atoms with van der Waals surface area (Å²) in [6.45, 7) is 0. The molecule has 1 aliphatic carbocycles. The van der Waals surface area contributed by atoms with E-state index >= 15 is 0 Å². The van der Waals surface area contributed by atoms with E-state index in [1.807, 2.05) is 0 Å². The van der Waals surface area contributed by atoms with Crippen molar-refractivity contribution in [3.63, 3.8) is 0 Å². The number of carbonyl (C=O) groups is 2. The van der Waals surface area contributed by atoms with Crippen molar-refractivity contribution in [2.45, 2.75) is 42.8 Å². The molecule has 2 N–H and O–H groups in total. The fraction of sp³-hybridized carbons (Fsp3) is 0.300. The number of sulfonamides is 1. The summed E-state index contributed by atoms with van der Waals surface area (Å²) in [6.07, 6.45) is 4.82. The van der Waals surface area contributed by atoms with Crippen LogP contribution in [0.2, 0.25) is 0 Å². The number of hydrogen-bond acceptors (Lipinski definition) is 6. The zero-order chi connectivity index (χ0) is 20.2. The molecule has 0 saturated heterocycles. The topological polar surface area (TPSA) is 111 Å². The molecule has 8 nitrogen and oxygen atoms in total. The lowest BCUT2D eigenvalue weighted by molar-refractivity contribution is -0.105. The summed E-state index contributed by atoms with van der Waals surface area (Å²) in [7, 11) is -3.96. The summed E-state index contributed by atoms with van der Waals surface area (Å²) in [5, 5.41) is 2.14. The summed E-state index contributed by atoms with van der Waals surface area (Å²) in [6, 6.07) is 8.71. The summed E-state index contributed by atoms with van der Waals surface area (Å²) in [5.41, 5.74) is 0.527. The van der Waals surface area contributed by atoms with Crippen LogP contribution in [-0.2, 0) is 10.0 Å². The lowest BCUT2D eigenvalue weighted by Crippen LogP contribution is -2.40. The molecule has 0 atom stereocenters. The Bertz CT molecular complexity index is 1150. The van der Waals surface area contributed by atoms with Gasteiger partial charge >= 0.3 is 0 Å². The molecule has 2 aliphatic heterocycles. The highest BCUT2D eigenvalue weighted by Crippen LogP contribution is 2.46. The molecule has 1 saturated carbocycles. The van der Waals surface area contributed by atoms with Crippen LogP contribution in [-0.4, -0.2) is 26.0 Å². The fourth-order valence-corrected chi connectivity index (χ4v) is 5.06. The number of carbonyl (C=O) groups excluding carboxylic acids is 2. The van der Waals surface area contributed by atoms with Gasteiger partial charge in [-0.15, -0.1) is 0 Å². The first-order valence-electron chi connectivity index (χ1n) is 9.40. The van der Waals surface area contributed by atoms with E-state index < -0.39 is 27.6 Å². The van der Waals surface area contributed by atoms with Crippen LogP contribution >= 0.6 is 0 Å². The van der Waals surface area contributed by atoms with Crippen molar-refractivity contribution >= 4 is 27.5 Å². The molecular weight excluding hydrogens is 396 g/mol. The Hall–Kier alpha value is -3.07. The standard InChI is InChI=1S/C20H18N2O6S/c23-18-14-6-5-13(11-15(14)19(24)21-18)29(25,26)22-12-4-7-16-17(10-12)28-20(27-16)8-2-1-3-9-20/h4-7,10-11,22H,1-3,8-9H2,(H,21,23,24). The van der Waals surface area contributed by atoms with Crippen molar-refractivity contribution in [2.75, 3.05) is 4.72 Å². The molecule has 150 valence electrons. The zero-order valence-electron chi connectivity index (χ0n) is 15.4. The van der Waals surface area contributed by atoms with Crippen LogP contribution in [0.25, 0.3) is 0 Å². The maximum absolute atomic E-state index is 12.8. The average molecular weight is 414 g/mol. The van der Waals surface area contributed by atoms with Gasteiger partial charge in [-0.1, -0.05) is 6.42 Å². The van der Waals surface area contributed by atoms with Crippen LogP contribution in [0.15, 0.2) is 41.3 Å². The van der Waals surface area contributed by atoms with Crippen LogP contribution in [0.5, 0.6) is 11.5 Å². The van der Waals surface area contributed by atoms with Crippen LogP contribution in [0.4, 0.5) is 5.69 Å². The molecule has 1 fully saturated rings. The van der Waals surface area contributed by atoms with Gasteiger partial charge in [0.1, 0.15) is 0 Å². The second-order valence-electron chi connectivity index (χ2n) is 7.43. The first-order chi connectivity index (χ1) is 13.9. The largest absolute Gasteiger partial charge is 0.448 e. The number of benzene rings is 2. The third kappa shape index (κ3) is 3.02. The number of anilines is 1. The normalized spacial score (nSPS) is 19.2. The molecule has 2 amide bonds. The van der Waals surface area contributed by atoms with Gasteiger partial charge in [0.05, 0.1) is 21.7 Å². The van der Waals surface area contributed by atoms with Gasteiger partial charge in [0.25, 0.3) is 27.6 Å². The van der Waals surface area contributed by atoms with Crippen molar-refractivity contribution in [3.05, 3.63) is 47.5 Å². The van der Waals surface area contributed by atoms with E-state index in [-0.39, 0.29) is 16.0 Å². The van der Waals surface area contributed by atoms with E-state index in [0.717, 1.165) is 32.1 Å². The Morgan fingerprint density at radius 3 is 2.38 bits per heavy atom. The Labute approximate surface area is 167 Å². The van der Waals surface area contributed by atoms with Gasteiger partial charge in [-0.25, -0.2) is 8.42 Å². The van der Waals surface area contributed by atoms with Crippen LogP contribution in [0.1, 0.15) is 52.8 Å². The fourth-order valence-electron chi connectivity index (χ4n) is 3.98. The highest BCUT2D eigenvalue weighted by atomic mass is 32.2. The number of nitrogens with one attached hydrogen (secondary N) is 2. The average Bonchev–Trinajstić information content (AvgIpc) is 3.18. The monoisotopic (exact) mass is 414 g/mol. The highest BCUT2D eigenvalue weighted by Gasteiger charge is 2.42. The number of imide groups is 1. The minimum absolute atomic E-state index is 0.0443. The summed E-state index contributed by atoms with van der Waals surface area (Å²) in [5.74, 6) is -0.677. The van der Waals surface area contributed by atoms with E-state index in [1.165, 1.54) is 18.2 Å². The molecule has 2 heterocycles. The lowest BCUT2D eigenvalue weighted by atomic mass is 9.94. The van der Waals surface area contributed by atoms with E-state index in [4.69, 9.17) is 9.47 Å². The second kappa shape index (κ2) is 6.21. The SMILES string of the molecule is O=C1NC(=O)c2cc(S(=O)(=O)Nc3ccc4c(c3)OC3(CCCCC3)O4)ccc21. The van der Waals surface area contributed by atoms with Gasteiger partial charge < -0.3 is 9.47 Å². The number of hydrogen-bond donors (Lipinski definition) is 2. The minimum atomic E-state index is -3.96. The molecule has 0 radical (unpaired) electrons. The molecule has 0 aromatic heterocycles. The molecular formula is C20H18N2O6S. The number of amides is 2. The Morgan fingerprint density at radius 2 is 1.59 bits per heavy atom. The van der Waals surface area contributed by atoms with Crippen LogP contribution in [0.3, 0.4) is 0 Å². The van der Waals surface area contributed by atoms with Crippen LogP contribution < -0.4 is 19.5 Å². The van der Waals surface area contributed by atoms with Gasteiger partial charge in [0, 0.05) is 18.9 Å². The molecule has 29 heavy (non-hydrogen) atoms. The molecule has 1 spiro atoms. The van der Waals surface area contributed by atoms with E-state index in [0.29, 0.717) is 17.2 Å².